The molecule has 0 unspecified atom stereocenters. The number of carbonyl (C=O) groups excluding carboxylic acids is 2. The summed E-state index contributed by atoms with van der Waals surface area (Å²) in [6.45, 7) is -0.506. The van der Waals surface area contributed by atoms with Crippen LogP contribution < -0.4 is 15.8 Å². The van der Waals surface area contributed by atoms with Crippen LogP contribution in [0.1, 0.15) is 41.4 Å². The number of carbonyl (C=O) groups is 2. The van der Waals surface area contributed by atoms with E-state index >= 15 is 0 Å². The van der Waals surface area contributed by atoms with Crippen LogP contribution in [0.3, 0.4) is 0 Å². The molecule has 0 saturated carbocycles. The lowest BCUT2D eigenvalue weighted by molar-refractivity contribution is -0.272. The van der Waals surface area contributed by atoms with Crippen LogP contribution in [0.5, 0.6) is 5.75 Å². The first kappa shape index (κ1) is 27.2. The summed E-state index contributed by atoms with van der Waals surface area (Å²) in [6, 6.07) is 2.35. The van der Waals surface area contributed by atoms with Crippen molar-refractivity contribution in [1.82, 2.24) is 4.98 Å². The number of primary amides is 1. The van der Waals surface area contributed by atoms with Gasteiger partial charge in [0.2, 0.25) is 5.82 Å². The Balaban J connectivity index is 2.13. The molecule has 1 saturated heterocycles. The molecule has 4 atom stereocenters. The minimum Gasteiger partial charge on any atom is -0.431 e. The highest BCUT2D eigenvalue weighted by molar-refractivity contribution is 5.98. The minimum atomic E-state index is -5.05. The van der Waals surface area contributed by atoms with Gasteiger partial charge in [-0.15, -0.1) is 0 Å². The number of benzene rings is 1. The third-order valence-corrected chi connectivity index (χ3v) is 6.19. The number of ether oxygens (including phenoxy) is 2. The van der Waals surface area contributed by atoms with Crippen molar-refractivity contribution in [1.29, 1.82) is 0 Å². The van der Waals surface area contributed by atoms with Gasteiger partial charge >= 0.3 is 12.8 Å². The van der Waals surface area contributed by atoms with E-state index in [1.165, 1.54) is 13.1 Å². The molecule has 1 fully saturated rings. The van der Waals surface area contributed by atoms with Crippen LogP contribution >= 0.6 is 0 Å². The quantitative estimate of drug-likeness (QED) is 0.545. The normalized spacial score (nSPS) is 24.1. The summed E-state index contributed by atoms with van der Waals surface area (Å²) in [5.41, 5.74) is 1.53. The fourth-order valence-corrected chi connectivity index (χ4v) is 4.04. The number of hydrogen-bond donors (Lipinski definition) is 2. The zero-order valence-electron chi connectivity index (χ0n) is 18.9. The number of nitrogens with zero attached hydrogens (tertiary/aromatic N) is 1. The second-order valence-electron chi connectivity index (χ2n) is 8.35. The molecule has 3 N–H and O–H groups in total. The fourth-order valence-electron chi connectivity index (χ4n) is 4.04. The topological polar surface area (TPSA) is 104 Å². The first-order valence-electron chi connectivity index (χ1n) is 10.3. The Hall–Kier alpha value is -3.42. The van der Waals surface area contributed by atoms with Gasteiger partial charge in [-0.25, -0.2) is 4.39 Å². The first-order valence-corrected chi connectivity index (χ1v) is 10.3. The number of aryl methyl sites for hydroxylation is 1. The monoisotopic (exact) mass is 523 g/mol. The number of anilines is 1. The number of aromatic nitrogens is 1. The molecule has 2 amide bonds. The van der Waals surface area contributed by atoms with E-state index in [-0.39, 0.29) is 11.4 Å². The second kappa shape index (κ2) is 9.56. The summed E-state index contributed by atoms with van der Waals surface area (Å²) in [6.07, 6.45) is -5.90. The predicted octanol–water partition coefficient (Wildman–Crippen LogP) is 4.45. The van der Waals surface area contributed by atoms with Gasteiger partial charge in [0.15, 0.2) is 17.2 Å². The lowest BCUT2D eigenvalue weighted by Crippen LogP contribution is -2.47. The molecule has 196 valence electrons. The van der Waals surface area contributed by atoms with Crippen molar-refractivity contribution in [2.45, 2.75) is 51.2 Å². The molecule has 1 aliphatic rings. The van der Waals surface area contributed by atoms with Crippen molar-refractivity contribution in [3.05, 3.63) is 52.9 Å². The summed E-state index contributed by atoms with van der Waals surface area (Å²) >= 11 is 0. The van der Waals surface area contributed by atoms with Gasteiger partial charge in [-0.1, -0.05) is 13.0 Å². The molecule has 7 nitrogen and oxygen atoms in total. The highest BCUT2D eigenvalue weighted by Gasteiger charge is 2.66. The Kier molecular flexibility index (Phi) is 7.22. The molecule has 1 aliphatic heterocycles. The molecule has 0 bridgehead atoms. The second-order valence-corrected chi connectivity index (χ2v) is 8.35. The average molecular weight is 523 g/mol. The third kappa shape index (κ3) is 4.81. The van der Waals surface area contributed by atoms with Crippen molar-refractivity contribution >= 4 is 17.5 Å². The number of nitrogens with two attached hydrogens (primary N) is 1. The molecule has 1 aromatic carbocycles. The molecule has 0 aliphatic carbocycles. The molecular formula is C22H20F7N3O4. The Morgan fingerprint density at radius 1 is 1.25 bits per heavy atom. The lowest BCUT2D eigenvalue weighted by atomic mass is 9.77. The van der Waals surface area contributed by atoms with Gasteiger partial charge in [-0.3, -0.25) is 14.6 Å². The fraction of sp³-hybridized carbons (Fsp3) is 0.409. The zero-order chi connectivity index (χ0) is 27.2. The number of nitrogens with one attached hydrogen (secondary N) is 1. The molecule has 14 heteroatoms. The molecule has 0 spiro atoms. The predicted molar refractivity (Wildman–Crippen MR) is 110 cm³/mol. The Bertz CT molecular complexity index is 1190. The average Bonchev–Trinajstić information content (AvgIpc) is 3.05. The van der Waals surface area contributed by atoms with Crippen LogP contribution in [0, 0.1) is 24.5 Å². The van der Waals surface area contributed by atoms with Gasteiger partial charge < -0.3 is 20.5 Å². The van der Waals surface area contributed by atoms with Crippen molar-refractivity contribution in [3.63, 3.8) is 0 Å². The van der Waals surface area contributed by atoms with E-state index in [2.05, 4.69) is 15.0 Å². The number of pyridine rings is 1. The van der Waals surface area contributed by atoms with E-state index in [9.17, 15) is 40.3 Å². The minimum absolute atomic E-state index is 0.0474. The van der Waals surface area contributed by atoms with Gasteiger partial charge in [0.1, 0.15) is 11.8 Å². The molecule has 36 heavy (non-hydrogen) atoms. The van der Waals surface area contributed by atoms with Crippen molar-refractivity contribution in [2.24, 2.45) is 11.7 Å². The Labute approximate surface area is 199 Å². The van der Waals surface area contributed by atoms with Crippen molar-refractivity contribution in [2.75, 3.05) is 5.32 Å². The maximum Gasteiger partial charge on any atom is 0.417 e. The number of halogens is 7. The van der Waals surface area contributed by atoms with Gasteiger partial charge in [0.05, 0.1) is 0 Å². The number of rotatable bonds is 6. The molecular weight excluding hydrogens is 503 g/mol. The van der Waals surface area contributed by atoms with Crippen LogP contribution in [0.25, 0.3) is 0 Å². The zero-order valence-corrected chi connectivity index (χ0v) is 18.9. The molecule has 2 aromatic rings. The highest BCUT2D eigenvalue weighted by Crippen LogP contribution is 2.55. The standard InChI is InChI=1S/C22H20F7N3O4/c1-8-7-31-13(18(30)33)6-12(8)32-19(34)17-14(9(2)21(3,36-17)22(27,28)29)10-4-5-11(23)15(24)16(10)35-20(25)26/h4-7,9,14,17,20H,1-3H3,(H2,30,33)(H,31,32,34)/t9-,14+,17-,21+/m0/s1. The van der Waals surface area contributed by atoms with Crippen LogP contribution in [0.4, 0.5) is 36.4 Å². The lowest BCUT2D eigenvalue weighted by Gasteiger charge is -2.32. The molecule has 2 heterocycles. The van der Waals surface area contributed by atoms with E-state index in [1.807, 2.05) is 0 Å². The number of amides is 2. The third-order valence-electron chi connectivity index (χ3n) is 6.19. The van der Waals surface area contributed by atoms with Crippen LogP contribution in [0.2, 0.25) is 0 Å². The molecule has 1 aromatic heterocycles. The van der Waals surface area contributed by atoms with Gasteiger partial charge in [0, 0.05) is 29.3 Å². The summed E-state index contributed by atoms with van der Waals surface area (Å²) in [7, 11) is 0. The Morgan fingerprint density at radius 3 is 2.44 bits per heavy atom. The van der Waals surface area contributed by atoms with E-state index < -0.39 is 71.1 Å². The summed E-state index contributed by atoms with van der Waals surface area (Å²) in [5.74, 6) is -10.3. The van der Waals surface area contributed by atoms with Gasteiger partial charge in [-0.05, 0) is 31.5 Å². The summed E-state index contributed by atoms with van der Waals surface area (Å²) < 4.78 is 105. The molecule has 0 radical (unpaired) electrons. The van der Waals surface area contributed by atoms with E-state index in [0.29, 0.717) is 18.6 Å². The molecule has 3 rings (SSSR count). The van der Waals surface area contributed by atoms with Crippen LogP contribution in [-0.4, -0.2) is 41.3 Å². The number of alkyl halides is 5. The Morgan fingerprint density at radius 2 is 1.89 bits per heavy atom. The van der Waals surface area contributed by atoms with Crippen LogP contribution in [-0.2, 0) is 9.53 Å². The van der Waals surface area contributed by atoms with Crippen molar-refractivity contribution < 1.29 is 49.8 Å². The maximum atomic E-state index is 14.4. The van der Waals surface area contributed by atoms with Crippen molar-refractivity contribution in [3.8, 4) is 5.75 Å². The van der Waals surface area contributed by atoms with Gasteiger partial charge in [0.25, 0.3) is 11.8 Å². The number of hydrogen-bond acceptors (Lipinski definition) is 5. The van der Waals surface area contributed by atoms with E-state index in [1.54, 1.807) is 0 Å². The van der Waals surface area contributed by atoms with Gasteiger partial charge in [-0.2, -0.15) is 26.3 Å². The maximum absolute atomic E-state index is 14.4. The highest BCUT2D eigenvalue weighted by atomic mass is 19.4. The van der Waals surface area contributed by atoms with Crippen LogP contribution in [0.15, 0.2) is 24.4 Å². The SMILES string of the molecule is Cc1cnc(C(N)=O)cc1NC(=O)[C@H]1O[C@@](C)(C(F)(F)F)[C@@H](C)[C@@H]1c1ccc(F)c(F)c1OC(F)F. The smallest absolute Gasteiger partial charge is 0.417 e. The summed E-state index contributed by atoms with van der Waals surface area (Å²) in [5, 5.41) is 2.31. The van der Waals surface area contributed by atoms with E-state index in [0.717, 1.165) is 19.1 Å². The first-order chi connectivity index (χ1) is 16.6. The largest absolute Gasteiger partial charge is 0.431 e. The van der Waals surface area contributed by atoms with E-state index in [4.69, 9.17) is 10.5 Å². The summed E-state index contributed by atoms with van der Waals surface area (Å²) in [4.78, 5) is 28.4.